The zero-order valence-electron chi connectivity index (χ0n) is 20.5. The molecule has 7 N–H and O–H groups in total. The summed E-state index contributed by atoms with van der Waals surface area (Å²) in [7, 11) is 0. The second-order valence-electron chi connectivity index (χ2n) is 9.23. The summed E-state index contributed by atoms with van der Waals surface area (Å²) in [6.07, 6.45) is -8.28. The molecule has 12 nitrogen and oxygen atoms in total. The molecule has 2 unspecified atom stereocenters. The van der Waals surface area contributed by atoms with E-state index in [1.54, 1.807) is 0 Å². The highest BCUT2D eigenvalue weighted by atomic mass is 16.6. The Morgan fingerprint density at radius 3 is 2.10 bits per heavy atom. The van der Waals surface area contributed by atoms with E-state index in [4.69, 9.17) is 13.9 Å². The predicted octanol–water partition coefficient (Wildman–Crippen LogP) is 1.66. The number of rotatable bonds is 5. The van der Waals surface area contributed by atoms with E-state index in [1.807, 2.05) is 0 Å². The summed E-state index contributed by atoms with van der Waals surface area (Å²) < 4.78 is 17.2. The number of benzene rings is 3. The number of carbonyl (C=O) groups excluding carboxylic acids is 1. The smallest absolute Gasteiger partial charge is 0.338 e. The Hall–Kier alpha value is -4.62. The van der Waals surface area contributed by atoms with E-state index in [2.05, 4.69) is 0 Å². The molecule has 1 aromatic heterocycles. The maximum absolute atomic E-state index is 13.1. The Bertz CT molecular complexity index is 1610. The summed E-state index contributed by atoms with van der Waals surface area (Å²) in [6, 6.07) is 12.6. The number of phenolic OH excluding ortho intramolecular Hbond substituents is 4. The molecular weight excluding hydrogens is 528 g/mol. The van der Waals surface area contributed by atoms with Gasteiger partial charge in [0, 0.05) is 17.7 Å². The summed E-state index contributed by atoms with van der Waals surface area (Å²) in [5, 5.41) is 71.4. The third-order valence-electron chi connectivity index (χ3n) is 6.65. The largest absolute Gasteiger partial charge is 0.508 e. The average Bonchev–Trinajstić information content (AvgIpc) is 2.92. The van der Waals surface area contributed by atoms with E-state index in [0.29, 0.717) is 5.56 Å². The van der Waals surface area contributed by atoms with E-state index in [9.17, 15) is 45.3 Å². The van der Waals surface area contributed by atoms with Crippen LogP contribution in [0.15, 0.2) is 69.9 Å². The third-order valence-corrected chi connectivity index (χ3v) is 6.65. The van der Waals surface area contributed by atoms with Gasteiger partial charge in [0.05, 0.1) is 17.7 Å². The number of carbonyl (C=O) groups is 1. The summed E-state index contributed by atoms with van der Waals surface area (Å²) in [5.74, 6) is -2.45. The van der Waals surface area contributed by atoms with Gasteiger partial charge in [-0.05, 0) is 48.5 Å². The molecule has 0 aliphatic carbocycles. The SMILES string of the molecule is O=C(OC1[C@@H](O)[C@H](O)C(CO)O[C@H]1c1c(O)cc(O)c2c(=O)cc(-c3ccc(O)cc3)oc12)c1ccc(O)cc1. The molecule has 5 atom stereocenters. The highest BCUT2D eigenvalue weighted by molar-refractivity contribution is 5.91. The summed E-state index contributed by atoms with van der Waals surface area (Å²) in [4.78, 5) is 26.0. The number of hydrogen-bond acceptors (Lipinski definition) is 12. The molecular formula is C28H24O12. The van der Waals surface area contributed by atoms with Crippen LogP contribution in [0.4, 0.5) is 0 Å². The normalized spacial score (nSPS) is 22.7. The first-order chi connectivity index (χ1) is 19.1. The number of aliphatic hydroxyl groups excluding tert-OH is 3. The fourth-order valence-corrected chi connectivity index (χ4v) is 4.61. The van der Waals surface area contributed by atoms with Crippen LogP contribution in [-0.4, -0.2) is 72.7 Å². The zero-order chi connectivity index (χ0) is 28.7. The van der Waals surface area contributed by atoms with Crippen LogP contribution in [0.5, 0.6) is 23.0 Å². The van der Waals surface area contributed by atoms with Crippen LogP contribution in [-0.2, 0) is 9.47 Å². The van der Waals surface area contributed by atoms with Crippen molar-refractivity contribution in [2.45, 2.75) is 30.5 Å². The van der Waals surface area contributed by atoms with Crippen LogP contribution in [0.25, 0.3) is 22.3 Å². The van der Waals surface area contributed by atoms with Crippen molar-refractivity contribution < 1.29 is 54.4 Å². The Morgan fingerprint density at radius 2 is 1.48 bits per heavy atom. The van der Waals surface area contributed by atoms with E-state index < -0.39 is 60.0 Å². The standard InChI is InChI=1S/C28H24O12/c29-11-20-23(35)24(36)27(40-28(37)13-3-7-15(31)8-4-13)26(39-20)22-17(33)9-16(32)21-18(34)10-19(38-25(21)22)12-1-5-14(30)6-2-12/h1-10,20,23-24,26-27,29-33,35-36H,11H2/t20?,23-,24+,26+,27?/m1/s1. The van der Waals surface area contributed by atoms with Crippen LogP contribution in [0.1, 0.15) is 22.0 Å². The first-order valence-corrected chi connectivity index (χ1v) is 12.0. The molecule has 40 heavy (non-hydrogen) atoms. The predicted molar refractivity (Wildman–Crippen MR) is 137 cm³/mol. The van der Waals surface area contributed by atoms with Crippen LogP contribution in [0, 0.1) is 0 Å². The molecule has 4 aromatic rings. The number of ether oxygens (including phenoxy) is 2. The number of aromatic hydroxyl groups is 4. The highest BCUT2D eigenvalue weighted by Gasteiger charge is 2.49. The van der Waals surface area contributed by atoms with Crippen molar-refractivity contribution in [3.8, 4) is 34.3 Å². The summed E-state index contributed by atoms with van der Waals surface area (Å²) >= 11 is 0. The molecule has 5 rings (SSSR count). The highest BCUT2D eigenvalue weighted by Crippen LogP contribution is 2.44. The quantitative estimate of drug-likeness (QED) is 0.176. The van der Waals surface area contributed by atoms with Crippen molar-refractivity contribution in [3.05, 3.63) is 82.0 Å². The molecule has 0 spiro atoms. The Balaban J connectivity index is 1.68. The molecule has 1 aliphatic heterocycles. The first-order valence-electron chi connectivity index (χ1n) is 12.0. The minimum absolute atomic E-state index is 0.0171. The minimum atomic E-state index is -1.84. The van der Waals surface area contributed by atoms with E-state index in [1.165, 1.54) is 48.5 Å². The van der Waals surface area contributed by atoms with Crippen LogP contribution >= 0.6 is 0 Å². The molecule has 1 fully saturated rings. The number of fused-ring (bicyclic) bond motifs is 1. The second kappa shape index (κ2) is 10.5. The van der Waals surface area contributed by atoms with Crippen molar-refractivity contribution in [1.82, 2.24) is 0 Å². The van der Waals surface area contributed by atoms with Gasteiger partial charge in [-0.15, -0.1) is 0 Å². The van der Waals surface area contributed by atoms with Crippen molar-refractivity contribution in [3.63, 3.8) is 0 Å². The molecule has 0 bridgehead atoms. The first kappa shape index (κ1) is 27.0. The molecule has 0 radical (unpaired) electrons. The molecule has 208 valence electrons. The molecule has 12 heteroatoms. The topological polar surface area (TPSA) is 207 Å². The zero-order valence-corrected chi connectivity index (χ0v) is 20.5. The molecule has 3 aromatic carbocycles. The van der Waals surface area contributed by atoms with Gasteiger partial charge in [-0.3, -0.25) is 4.79 Å². The monoisotopic (exact) mass is 552 g/mol. The van der Waals surface area contributed by atoms with Gasteiger partial charge in [0.2, 0.25) is 0 Å². The Labute approximate surface area is 225 Å². The lowest BCUT2D eigenvalue weighted by Crippen LogP contribution is -2.56. The second-order valence-corrected chi connectivity index (χ2v) is 9.23. The number of aliphatic hydroxyl groups is 3. The van der Waals surface area contributed by atoms with Gasteiger partial charge in [0.25, 0.3) is 0 Å². The van der Waals surface area contributed by atoms with Crippen molar-refractivity contribution >= 4 is 16.9 Å². The fraction of sp³-hybridized carbons (Fsp3) is 0.214. The number of phenols is 4. The molecule has 1 aliphatic rings. The fourth-order valence-electron chi connectivity index (χ4n) is 4.61. The van der Waals surface area contributed by atoms with Crippen LogP contribution < -0.4 is 5.43 Å². The van der Waals surface area contributed by atoms with Gasteiger partial charge >= 0.3 is 5.97 Å². The van der Waals surface area contributed by atoms with Gasteiger partial charge in [-0.1, -0.05) is 0 Å². The number of esters is 1. The number of hydrogen-bond donors (Lipinski definition) is 7. The maximum Gasteiger partial charge on any atom is 0.338 e. The van der Waals surface area contributed by atoms with Gasteiger partial charge in [0.1, 0.15) is 58.6 Å². The molecule has 0 saturated carbocycles. The van der Waals surface area contributed by atoms with Gasteiger partial charge in [0.15, 0.2) is 17.1 Å². The minimum Gasteiger partial charge on any atom is -0.508 e. The Morgan fingerprint density at radius 1 is 0.850 bits per heavy atom. The molecule has 2 heterocycles. The van der Waals surface area contributed by atoms with Crippen LogP contribution in [0.2, 0.25) is 0 Å². The lowest BCUT2D eigenvalue weighted by molar-refractivity contribution is -0.231. The average molecular weight is 552 g/mol. The van der Waals surface area contributed by atoms with E-state index in [-0.39, 0.29) is 39.4 Å². The Kier molecular flexibility index (Phi) is 7.08. The van der Waals surface area contributed by atoms with E-state index >= 15 is 0 Å². The molecule has 1 saturated heterocycles. The third kappa shape index (κ3) is 4.80. The van der Waals surface area contributed by atoms with Gasteiger partial charge < -0.3 is 49.6 Å². The molecule has 0 amide bonds. The van der Waals surface area contributed by atoms with Gasteiger partial charge in [-0.25, -0.2) is 4.79 Å². The summed E-state index contributed by atoms with van der Waals surface area (Å²) in [5.41, 5.74) is -1.06. The van der Waals surface area contributed by atoms with Crippen molar-refractivity contribution in [2.75, 3.05) is 6.61 Å². The van der Waals surface area contributed by atoms with E-state index in [0.717, 1.165) is 12.1 Å². The van der Waals surface area contributed by atoms with Crippen molar-refractivity contribution in [2.24, 2.45) is 0 Å². The summed E-state index contributed by atoms with van der Waals surface area (Å²) in [6.45, 7) is -0.771. The lowest BCUT2D eigenvalue weighted by Gasteiger charge is -2.42. The van der Waals surface area contributed by atoms with Gasteiger partial charge in [-0.2, -0.15) is 0 Å². The van der Waals surface area contributed by atoms with Crippen LogP contribution in [0.3, 0.4) is 0 Å². The lowest BCUT2D eigenvalue weighted by atomic mass is 9.89. The van der Waals surface area contributed by atoms with Crippen molar-refractivity contribution in [1.29, 1.82) is 0 Å². The maximum atomic E-state index is 13.1.